The van der Waals surface area contributed by atoms with Crippen molar-refractivity contribution in [1.82, 2.24) is 19.7 Å². The quantitative estimate of drug-likeness (QED) is 0.661. The molecule has 0 aromatic carbocycles. The normalized spacial score (nSPS) is 22.9. The van der Waals surface area contributed by atoms with Crippen LogP contribution in [-0.2, 0) is 12.7 Å². The predicted octanol–water partition coefficient (Wildman–Crippen LogP) is 1.30. The molecule has 4 nitrogen and oxygen atoms in total. The van der Waals surface area contributed by atoms with Crippen molar-refractivity contribution < 1.29 is 13.2 Å². The van der Waals surface area contributed by atoms with Gasteiger partial charge in [-0.2, -0.15) is 13.2 Å². The highest BCUT2D eigenvalue weighted by molar-refractivity contribution is 5.03. The topological polar surface area (TPSA) is 34.0 Å². The van der Waals surface area contributed by atoms with Gasteiger partial charge in [0.05, 0.1) is 12.6 Å². The molecule has 2 heterocycles. The smallest absolute Gasteiger partial charge is 0.295 e. The summed E-state index contributed by atoms with van der Waals surface area (Å²) in [6.07, 6.45) is -4.46. The van der Waals surface area contributed by atoms with Crippen LogP contribution in [0.4, 0.5) is 13.2 Å². The second kappa shape index (κ2) is 3.19. The van der Waals surface area contributed by atoms with E-state index in [1.165, 1.54) is 4.68 Å². The number of nitrogens with zero attached hydrogens (tertiary/aromatic N) is 4. The molecule has 0 amide bonds. The summed E-state index contributed by atoms with van der Waals surface area (Å²) in [4.78, 5) is 5.49. The molecule has 1 aromatic rings. The van der Waals surface area contributed by atoms with Crippen LogP contribution in [0, 0.1) is 0 Å². The Morgan fingerprint density at radius 2 is 2.00 bits per heavy atom. The standard InChI is InChI=1S/C8H11F3N4/c1-5-6-12-7(8(9,10)11)13-15(6)4-3-14(5)2/h5H,3-4H2,1-2H3. The second-order valence-electron chi connectivity index (χ2n) is 3.67. The molecule has 0 radical (unpaired) electrons. The molecular weight excluding hydrogens is 209 g/mol. The molecule has 2 rings (SSSR count). The Labute approximate surface area is 84.7 Å². The summed E-state index contributed by atoms with van der Waals surface area (Å²) in [5, 5.41) is 3.46. The molecule has 1 aromatic heterocycles. The average molecular weight is 220 g/mol. The highest BCUT2D eigenvalue weighted by Crippen LogP contribution is 2.29. The van der Waals surface area contributed by atoms with E-state index < -0.39 is 12.0 Å². The van der Waals surface area contributed by atoms with E-state index in [0.717, 1.165) is 0 Å². The number of fused-ring (bicyclic) bond motifs is 1. The van der Waals surface area contributed by atoms with Crippen LogP contribution in [0.1, 0.15) is 24.6 Å². The highest BCUT2D eigenvalue weighted by atomic mass is 19.4. The largest absolute Gasteiger partial charge is 0.453 e. The van der Waals surface area contributed by atoms with Crippen LogP contribution in [0.25, 0.3) is 0 Å². The van der Waals surface area contributed by atoms with Gasteiger partial charge < -0.3 is 0 Å². The first-order chi connectivity index (χ1) is 6.89. The van der Waals surface area contributed by atoms with Crippen LogP contribution >= 0.6 is 0 Å². The summed E-state index contributed by atoms with van der Waals surface area (Å²) >= 11 is 0. The highest BCUT2D eigenvalue weighted by Gasteiger charge is 2.38. The maximum absolute atomic E-state index is 12.3. The van der Waals surface area contributed by atoms with Crippen molar-refractivity contribution >= 4 is 0 Å². The summed E-state index contributed by atoms with van der Waals surface area (Å²) < 4.78 is 38.4. The van der Waals surface area contributed by atoms with Gasteiger partial charge in [0.2, 0.25) is 0 Å². The molecule has 7 heteroatoms. The average Bonchev–Trinajstić information content (AvgIpc) is 2.55. The van der Waals surface area contributed by atoms with Crippen molar-refractivity contribution in [2.75, 3.05) is 13.6 Å². The fourth-order valence-electron chi connectivity index (χ4n) is 1.59. The summed E-state index contributed by atoms with van der Waals surface area (Å²) in [7, 11) is 1.86. The number of likely N-dealkylation sites (N-methyl/N-ethyl adjacent to an activating group) is 1. The van der Waals surface area contributed by atoms with Crippen molar-refractivity contribution in [1.29, 1.82) is 0 Å². The molecule has 1 unspecified atom stereocenters. The number of halogens is 3. The summed E-state index contributed by atoms with van der Waals surface area (Å²) in [6, 6.07) is -0.123. The third kappa shape index (κ3) is 1.71. The van der Waals surface area contributed by atoms with E-state index in [0.29, 0.717) is 18.9 Å². The van der Waals surface area contributed by atoms with E-state index in [4.69, 9.17) is 0 Å². The zero-order valence-electron chi connectivity index (χ0n) is 8.41. The minimum Gasteiger partial charge on any atom is -0.295 e. The van der Waals surface area contributed by atoms with Crippen molar-refractivity contribution in [3.63, 3.8) is 0 Å². The minimum absolute atomic E-state index is 0.123. The first-order valence-electron chi connectivity index (χ1n) is 4.62. The van der Waals surface area contributed by atoms with Crippen LogP contribution < -0.4 is 0 Å². The molecule has 0 saturated carbocycles. The lowest BCUT2D eigenvalue weighted by Gasteiger charge is -2.28. The van der Waals surface area contributed by atoms with Crippen molar-refractivity contribution in [2.45, 2.75) is 25.7 Å². The molecule has 1 atom stereocenters. The SMILES string of the molecule is CC1c2nc(C(F)(F)F)nn2CCN1C. The predicted molar refractivity (Wildman–Crippen MR) is 46.1 cm³/mol. The van der Waals surface area contributed by atoms with Gasteiger partial charge in [0.1, 0.15) is 5.82 Å². The number of hydrogen-bond acceptors (Lipinski definition) is 3. The zero-order chi connectivity index (χ0) is 11.2. The fourth-order valence-corrected chi connectivity index (χ4v) is 1.59. The first-order valence-corrected chi connectivity index (χ1v) is 4.62. The van der Waals surface area contributed by atoms with Crippen molar-refractivity contribution in [3.05, 3.63) is 11.6 Å². The summed E-state index contributed by atoms with van der Waals surface area (Å²) in [5.41, 5.74) is 0. The molecule has 0 bridgehead atoms. The molecule has 15 heavy (non-hydrogen) atoms. The Bertz CT molecular complexity index is 370. The number of hydrogen-bond donors (Lipinski definition) is 0. The number of rotatable bonds is 0. The maximum atomic E-state index is 12.3. The zero-order valence-corrected chi connectivity index (χ0v) is 8.41. The van der Waals surface area contributed by atoms with Crippen molar-refractivity contribution in [2.24, 2.45) is 0 Å². The Balaban J connectivity index is 2.40. The van der Waals surface area contributed by atoms with E-state index in [1.807, 2.05) is 18.9 Å². The van der Waals surface area contributed by atoms with Gasteiger partial charge in [0.15, 0.2) is 0 Å². The summed E-state index contributed by atoms with van der Waals surface area (Å²) in [5.74, 6) is -0.657. The first kappa shape index (κ1) is 10.4. The molecule has 0 N–H and O–H groups in total. The van der Waals surface area contributed by atoms with E-state index >= 15 is 0 Å². The molecule has 0 spiro atoms. The van der Waals surface area contributed by atoms with E-state index in [2.05, 4.69) is 10.1 Å². The molecule has 1 aliphatic rings. The Morgan fingerprint density at radius 1 is 1.33 bits per heavy atom. The molecule has 84 valence electrons. The van der Waals surface area contributed by atoms with E-state index in [9.17, 15) is 13.2 Å². The Hall–Kier alpha value is -1.11. The molecule has 0 fully saturated rings. The van der Waals surface area contributed by atoms with Gasteiger partial charge in [0.25, 0.3) is 5.82 Å². The third-order valence-electron chi connectivity index (χ3n) is 2.65. The molecule has 1 aliphatic heterocycles. The fraction of sp³-hybridized carbons (Fsp3) is 0.750. The van der Waals surface area contributed by atoms with Gasteiger partial charge >= 0.3 is 6.18 Å². The summed E-state index contributed by atoms with van der Waals surface area (Å²) in [6.45, 7) is 2.97. The number of aromatic nitrogens is 3. The van der Waals surface area contributed by atoms with Crippen LogP contribution in [0.2, 0.25) is 0 Å². The van der Waals surface area contributed by atoms with Gasteiger partial charge in [0, 0.05) is 6.54 Å². The van der Waals surface area contributed by atoms with Gasteiger partial charge in [-0.1, -0.05) is 0 Å². The van der Waals surface area contributed by atoms with Crippen LogP contribution in [0.3, 0.4) is 0 Å². The van der Waals surface area contributed by atoms with Gasteiger partial charge in [-0.25, -0.2) is 9.67 Å². The van der Waals surface area contributed by atoms with Crippen LogP contribution in [0.5, 0.6) is 0 Å². The van der Waals surface area contributed by atoms with Gasteiger partial charge in [-0.05, 0) is 14.0 Å². The monoisotopic (exact) mass is 220 g/mol. The molecule has 0 saturated heterocycles. The number of alkyl halides is 3. The lowest BCUT2D eigenvalue weighted by Crippen LogP contribution is -2.34. The van der Waals surface area contributed by atoms with Crippen LogP contribution in [0.15, 0.2) is 0 Å². The van der Waals surface area contributed by atoms with Gasteiger partial charge in [-0.15, -0.1) is 5.10 Å². The molecular formula is C8H11F3N4. The molecule has 0 aliphatic carbocycles. The third-order valence-corrected chi connectivity index (χ3v) is 2.65. The van der Waals surface area contributed by atoms with Crippen LogP contribution in [-0.4, -0.2) is 33.3 Å². The van der Waals surface area contributed by atoms with Crippen molar-refractivity contribution in [3.8, 4) is 0 Å². The van der Waals surface area contributed by atoms with E-state index in [1.54, 1.807) is 0 Å². The minimum atomic E-state index is -4.46. The van der Waals surface area contributed by atoms with E-state index in [-0.39, 0.29) is 6.04 Å². The van der Waals surface area contributed by atoms with Gasteiger partial charge in [-0.3, -0.25) is 4.90 Å². The lowest BCUT2D eigenvalue weighted by molar-refractivity contribution is -0.145. The Kier molecular flexibility index (Phi) is 2.22. The lowest BCUT2D eigenvalue weighted by atomic mass is 10.2. The Morgan fingerprint density at radius 3 is 2.60 bits per heavy atom. The second-order valence-corrected chi connectivity index (χ2v) is 3.67. The maximum Gasteiger partial charge on any atom is 0.453 e.